The molecule has 0 radical (unpaired) electrons. The minimum absolute atomic E-state index is 0.165. The summed E-state index contributed by atoms with van der Waals surface area (Å²) < 4.78 is 26.0. The molecule has 88 valence electrons. The molecule has 2 amide bonds. The Hall–Kier alpha value is -0.820. The van der Waals surface area contributed by atoms with Gasteiger partial charge in [-0.2, -0.15) is 12.7 Å². The van der Waals surface area contributed by atoms with Crippen molar-refractivity contribution in [3.63, 3.8) is 0 Å². The summed E-state index contributed by atoms with van der Waals surface area (Å²) in [5.74, 6) is 0. The normalized spacial score (nSPS) is 22.3. The molecule has 0 aromatic heterocycles. The number of amides is 2. The molecule has 0 aromatic carbocycles. The molecular weight excluding hydrogens is 218 g/mol. The molecule has 0 aromatic rings. The minimum atomic E-state index is -3.72. The van der Waals surface area contributed by atoms with Gasteiger partial charge in [-0.05, 0) is 18.3 Å². The zero-order valence-corrected chi connectivity index (χ0v) is 9.80. The third kappa shape index (κ3) is 3.35. The highest BCUT2D eigenvalue weighted by Gasteiger charge is 2.32. The molecule has 1 saturated heterocycles. The lowest BCUT2D eigenvalue weighted by atomic mass is 9.83. The van der Waals surface area contributed by atoms with Crippen LogP contribution in [0.15, 0.2) is 0 Å². The van der Waals surface area contributed by atoms with E-state index >= 15 is 0 Å². The summed E-state index contributed by atoms with van der Waals surface area (Å²) >= 11 is 0. The third-order valence-corrected chi connectivity index (χ3v) is 4.15. The predicted octanol–water partition coefficient (Wildman–Crippen LogP) is 0.0215. The number of nitrogens with two attached hydrogens (primary N) is 1. The molecule has 1 aliphatic heterocycles. The van der Waals surface area contributed by atoms with Crippen molar-refractivity contribution in [3.05, 3.63) is 0 Å². The smallest absolute Gasteiger partial charge is 0.326 e. The van der Waals surface area contributed by atoms with E-state index in [0.717, 1.165) is 12.8 Å². The van der Waals surface area contributed by atoms with Crippen molar-refractivity contribution in [2.45, 2.75) is 26.7 Å². The summed E-state index contributed by atoms with van der Waals surface area (Å²) in [5.41, 5.74) is 4.95. The molecule has 15 heavy (non-hydrogen) atoms. The van der Waals surface area contributed by atoms with E-state index in [-0.39, 0.29) is 5.41 Å². The quantitative estimate of drug-likeness (QED) is 0.706. The van der Waals surface area contributed by atoms with Crippen LogP contribution < -0.4 is 10.5 Å². The first-order valence-electron chi connectivity index (χ1n) is 4.80. The Balaban J connectivity index is 2.64. The molecule has 1 heterocycles. The van der Waals surface area contributed by atoms with Crippen molar-refractivity contribution in [1.82, 2.24) is 9.03 Å². The molecule has 6 nitrogen and oxygen atoms in total. The molecule has 0 unspecified atom stereocenters. The second-order valence-electron chi connectivity index (χ2n) is 4.53. The summed E-state index contributed by atoms with van der Waals surface area (Å²) in [4.78, 5) is 10.5. The lowest BCUT2D eigenvalue weighted by Crippen LogP contribution is -2.49. The average Bonchev–Trinajstić information content (AvgIpc) is 2.00. The lowest BCUT2D eigenvalue weighted by Gasteiger charge is -2.35. The first-order chi connectivity index (χ1) is 6.73. The molecule has 0 spiro atoms. The number of carbonyl (C=O) groups excluding carboxylic acids is 1. The lowest BCUT2D eigenvalue weighted by molar-refractivity contribution is 0.194. The average molecular weight is 235 g/mol. The van der Waals surface area contributed by atoms with Crippen LogP contribution in [-0.4, -0.2) is 31.8 Å². The van der Waals surface area contributed by atoms with Crippen molar-refractivity contribution < 1.29 is 13.2 Å². The van der Waals surface area contributed by atoms with E-state index < -0.39 is 16.2 Å². The molecule has 0 aliphatic carbocycles. The fourth-order valence-electron chi connectivity index (χ4n) is 1.52. The topological polar surface area (TPSA) is 92.5 Å². The van der Waals surface area contributed by atoms with Crippen LogP contribution in [0.5, 0.6) is 0 Å². The molecule has 3 N–H and O–H groups in total. The van der Waals surface area contributed by atoms with Crippen molar-refractivity contribution in [3.8, 4) is 0 Å². The Morgan fingerprint density at radius 3 is 2.20 bits per heavy atom. The Morgan fingerprint density at radius 1 is 1.33 bits per heavy atom. The first kappa shape index (κ1) is 12.3. The predicted molar refractivity (Wildman–Crippen MR) is 56.2 cm³/mol. The number of urea groups is 1. The van der Waals surface area contributed by atoms with E-state index in [9.17, 15) is 13.2 Å². The van der Waals surface area contributed by atoms with Crippen molar-refractivity contribution in [2.24, 2.45) is 11.1 Å². The monoisotopic (exact) mass is 235 g/mol. The second-order valence-corrected chi connectivity index (χ2v) is 6.21. The van der Waals surface area contributed by atoms with Crippen LogP contribution in [-0.2, 0) is 10.2 Å². The summed E-state index contributed by atoms with van der Waals surface area (Å²) in [6.07, 6.45) is 1.57. The highest BCUT2D eigenvalue weighted by atomic mass is 32.2. The molecule has 1 rings (SSSR count). The van der Waals surface area contributed by atoms with E-state index in [1.54, 1.807) is 4.72 Å². The maximum absolute atomic E-state index is 11.5. The van der Waals surface area contributed by atoms with E-state index in [1.165, 1.54) is 4.31 Å². The Morgan fingerprint density at radius 2 is 1.80 bits per heavy atom. The third-order valence-electron chi connectivity index (χ3n) is 2.65. The maximum atomic E-state index is 11.5. The number of piperidine rings is 1. The Labute approximate surface area is 90.0 Å². The molecule has 0 atom stereocenters. The summed E-state index contributed by atoms with van der Waals surface area (Å²) in [5, 5.41) is 0. The van der Waals surface area contributed by atoms with Gasteiger partial charge in [0.15, 0.2) is 0 Å². The van der Waals surface area contributed by atoms with E-state index in [2.05, 4.69) is 13.8 Å². The largest absolute Gasteiger partial charge is 0.351 e. The highest BCUT2D eigenvalue weighted by molar-refractivity contribution is 7.87. The van der Waals surface area contributed by atoms with Gasteiger partial charge >= 0.3 is 16.2 Å². The number of hydrogen-bond acceptors (Lipinski definition) is 3. The molecule has 0 saturated carbocycles. The van der Waals surface area contributed by atoms with Gasteiger partial charge in [-0.3, -0.25) is 0 Å². The van der Waals surface area contributed by atoms with E-state index in [1.807, 2.05) is 0 Å². The summed E-state index contributed by atoms with van der Waals surface area (Å²) in [6, 6.07) is -1.04. The number of hydrogen-bond donors (Lipinski definition) is 2. The fourth-order valence-corrected chi connectivity index (χ4v) is 2.57. The fraction of sp³-hybridized carbons (Fsp3) is 0.875. The van der Waals surface area contributed by atoms with Crippen LogP contribution in [0.2, 0.25) is 0 Å². The van der Waals surface area contributed by atoms with Crippen LogP contribution in [0.1, 0.15) is 26.7 Å². The van der Waals surface area contributed by atoms with Crippen LogP contribution >= 0.6 is 0 Å². The van der Waals surface area contributed by atoms with Gasteiger partial charge in [-0.25, -0.2) is 9.52 Å². The van der Waals surface area contributed by atoms with Crippen molar-refractivity contribution in [2.75, 3.05) is 13.1 Å². The number of carbonyl (C=O) groups is 1. The van der Waals surface area contributed by atoms with Crippen molar-refractivity contribution >= 4 is 16.2 Å². The van der Waals surface area contributed by atoms with Crippen LogP contribution in [0.3, 0.4) is 0 Å². The first-order valence-corrected chi connectivity index (χ1v) is 6.24. The summed E-state index contributed by atoms with van der Waals surface area (Å²) in [6.45, 7) is 5.04. The molecule has 0 bridgehead atoms. The SMILES string of the molecule is CC1(C)CCN(S(=O)(=O)NC(N)=O)CC1. The zero-order valence-electron chi connectivity index (χ0n) is 8.99. The van der Waals surface area contributed by atoms with Gasteiger partial charge in [-0.1, -0.05) is 13.8 Å². The Bertz CT molecular complexity index is 340. The number of rotatable bonds is 2. The van der Waals surface area contributed by atoms with Crippen LogP contribution in [0.25, 0.3) is 0 Å². The molecule has 1 aliphatic rings. The van der Waals surface area contributed by atoms with Gasteiger partial charge in [-0.15, -0.1) is 0 Å². The van der Waals surface area contributed by atoms with E-state index in [0.29, 0.717) is 13.1 Å². The van der Waals surface area contributed by atoms with Gasteiger partial charge < -0.3 is 5.73 Å². The summed E-state index contributed by atoms with van der Waals surface area (Å²) in [7, 11) is -3.72. The van der Waals surface area contributed by atoms with Gasteiger partial charge in [0.05, 0.1) is 0 Å². The highest BCUT2D eigenvalue weighted by Crippen LogP contribution is 2.30. The zero-order chi connectivity index (χ0) is 11.7. The van der Waals surface area contributed by atoms with Gasteiger partial charge in [0.2, 0.25) is 0 Å². The molecule has 1 fully saturated rings. The number of primary amides is 1. The molecule has 7 heteroatoms. The van der Waals surface area contributed by atoms with Gasteiger partial charge in [0.25, 0.3) is 0 Å². The van der Waals surface area contributed by atoms with Crippen LogP contribution in [0.4, 0.5) is 4.79 Å². The van der Waals surface area contributed by atoms with Crippen LogP contribution in [0, 0.1) is 5.41 Å². The van der Waals surface area contributed by atoms with E-state index in [4.69, 9.17) is 5.73 Å². The standard InChI is InChI=1S/C8H17N3O3S/c1-8(2)3-5-11(6-4-8)15(13,14)10-7(9)12/h3-6H2,1-2H3,(H3,9,10,12). The van der Waals surface area contributed by atoms with Gasteiger partial charge in [0, 0.05) is 13.1 Å². The maximum Gasteiger partial charge on any atom is 0.326 e. The Kier molecular flexibility index (Phi) is 3.25. The van der Waals surface area contributed by atoms with Crippen molar-refractivity contribution in [1.29, 1.82) is 0 Å². The number of nitrogens with one attached hydrogen (secondary N) is 1. The second kappa shape index (κ2) is 3.97. The molecular formula is C8H17N3O3S. The van der Waals surface area contributed by atoms with Gasteiger partial charge in [0.1, 0.15) is 0 Å². The number of nitrogens with zero attached hydrogens (tertiary/aromatic N) is 1. The minimum Gasteiger partial charge on any atom is -0.351 e.